The molecule has 0 bridgehead atoms. The van der Waals surface area contributed by atoms with Crippen molar-refractivity contribution in [3.05, 3.63) is 35.4 Å². The minimum Gasteiger partial charge on any atom is -0.396 e. The standard InChI is InChI=1S/C16H21NO3/c1-2-17(11-7-13-19)16(20)15-10-4-3-8-14(15)9-5-6-12-18/h3-4,8,10,18-19H,2,6-7,11-13H2,1H3. The largest absolute Gasteiger partial charge is 0.396 e. The van der Waals surface area contributed by atoms with E-state index >= 15 is 0 Å². The lowest BCUT2D eigenvalue weighted by molar-refractivity contribution is 0.0754. The second-order valence-corrected chi connectivity index (χ2v) is 4.28. The van der Waals surface area contributed by atoms with Crippen molar-refractivity contribution in [1.29, 1.82) is 0 Å². The van der Waals surface area contributed by atoms with E-state index in [-0.39, 0.29) is 19.1 Å². The minimum atomic E-state index is -0.0742. The van der Waals surface area contributed by atoms with Crippen molar-refractivity contribution in [2.45, 2.75) is 19.8 Å². The molecule has 1 aromatic rings. The van der Waals surface area contributed by atoms with E-state index in [1.165, 1.54) is 0 Å². The van der Waals surface area contributed by atoms with Crippen LogP contribution in [0.3, 0.4) is 0 Å². The maximum absolute atomic E-state index is 12.5. The zero-order chi connectivity index (χ0) is 14.8. The van der Waals surface area contributed by atoms with Gasteiger partial charge in [-0.25, -0.2) is 0 Å². The van der Waals surface area contributed by atoms with Gasteiger partial charge in [0.15, 0.2) is 0 Å². The van der Waals surface area contributed by atoms with Crippen LogP contribution < -0.4 is 0 Å². The first-order valence-electron chi connectivity index (χ1n) is 6.83. The summed E-state index contributed by atoms with van der Waals surface area (Å²) in [6.45, 7) is 3.12. The zero-order valence-corrected chi connectivity index (χ0v) is 11.8. The van der Waals surface area contributed by atoms with Gasteiger partial charge in [-0.1, -0.05) is 24.0 Å². The third-order valence-corrected chi connectivity index (χ3v) is 2.87. The van der Waals surface area contributed by atoms with Gasteiger partial charge in [0.05, 0.1) is 12.2 Å². The number of aliphatic hydroxyl groups excluding tert-OH is 2. The van der Waals surface area contributed by atoms with Crippen LogP contribution in [0.15, 0.2) is 24.3 Å². The van der Waals surface area contributed by atoms with Gasteiger partial charge in [0, 0.05) is 31.7 Å². The molecule has 20 heavy (non-hydrogen) atoms. The quantitative estimate of drug-likeness (QED) is 0.769. The van der Waals surface area contributed by atoms with Gasteiger partial charge in [0.1, 0.15) is 0 Å². The molecular weight excluding hydrogens is 254 g/mol. The van der Waals surface area contributed by atoms with Crippen molar-refractivity contribution >= 4 is 5.91 Å². The van der Waals surface area contributed by atoms with Gasteiger partial charge in [-0.05, 0) is 25.5 Å². The average Bonchev–Trinajstić information content (AvgIpc) is 2.48. The molecule has 0 heterocycles. The summed E-state index contributed by atoms with van der Waals surface area (Å²) in [7, 11) is 0. The van der Waals surface area contributed by atoms with Crippen molar-refractivity contribution in [3.63, 3.8) is 0 Å². The Balaban J connectivity index is 2.94. The van der Waals surface area contributed by atoms with E-state index < -0.39 is 0 Å². The molecule has 0 spiro atoms. The molecule has 0 aliphatic heterocycles. The van der Waals surface area contributed by atoms with Crippen LogP contribution in [0.5, 0.6) is 0 Å². The normalized spacial score (nSPS) is 9.75. The lowest BCUT2D eigenvalue weighted by atomic mass is 10.1. The Morgan fingerprint density at radius 3 is 2.65 bits per heavy atom. The van der Waals surface area contributed by atoms with Crippen LogP contribution in [0.4, 0.5) is 0 Å². The molecule has 1 aromatic carbocycles. The first-order valence-corrected chi connectivity index (χ1v) is 6.83. The topological polar surface area (TPSA) is 60.8 Å². The maximum Gasteiger partial charge on any atom is 0.255 e. The molecule has 1 amide bonds. The Kier molecular flexibility index (Phi) is 7.41. The summed E-state index contributed by atoms with van der Waals surface area (Å²) in [6, 6.07) is 7.21. The van der Waals surface area contributed by atoms with E-state index in [2.05, 4.69) is 11.8 Å². The van der Waals surface area contributed by atoms with Crippen molar-refractivity contribution in [1.82, 2.24) is 4.90 Å². The molecule has 0 saturated heterocycles. The monoisotopic (exact) mass is 275 g/mol. The smallest absolute Gasteiger partial charge is 0.255 e. The SMILES string of the molecule is CCN(CCCO)C(=O)c1ccccc1C#CCCO. The van der Waals surface area contributed by atoms with Crippen LogP contribution in [-0.2, 0) is 0 Å². The third kappa shape index (κ3) is 4.69. The number of benzene rings is 1. The van der Waals surface area contributed by atoms with Gasteiger partial charge in [-0.3, -0.25) is 4.79 Å². The number of rotatable bonds is 6. The summed E-state index contributed by atoms with van der Waals surface area (Å²) >= 11 is 0. The van der Waals surface area contributed by atoms with Gasteiger partial charge >= 0.3 is 0 Å². The first-order chi connectivity index (χ1) is 9.74. The van der Waals surface area contributed by atoms with Crippen LogP contribution in [0, 0.1) is 11.8 Å². The van der Waals surface area contributed by atoms with E-state index in [9.17, 15) is 4.79 Å². The second-order valence-electron chi connectivity index (χ2n) is 4.28. The fourth-order valence-electron chi connectivity index (χ4n) is 1.83. The lowest BCUT2D eigenvalue weighted by Crippen LogP contribution is -2.32. The minimum absolute atomic E-state index is 0.0146. The highest BCUT2D eigenvalue weighted by molar-refractivity contribution is 5.96. The molecule has 4 heteroatoms. The highest BCUT2D eigenvalue weighted by Crippen LogP contribution is 2.11. The van der Waals surface area contributed by atoms with Gasteiger partial charge in [0.25, 0.3) is 5.91 Å². The fourth-order valence-corrected chi connectivity index (χ4v) is 1.83. The van der Waals surface area contributed by atoms with Crippen LogP contribution >= 0.6 is 0 Å². The maximum atomic E-state index is 12.5. The van der Waals surface area contributed by atoms with E-state index in [1.54, 1.807) is 17.0 Å². The molecule has 0 radical (unpaired) electrons. The number of carbonyl (C=O) groups is 1. The number of hydrogen-bond acceptors (Lipinski definition) is 3. The van der Waals surface area contributed by atoms with E-state index in [4.69, 9.17) is 10.2 Å². The predicted octanol–water partition coefficient (Wildman–Crippen LogP) is 1.26. The Hall–Kier alpha value is -1.83. The summed E-state index contributed by atoms with van der Waals surface area (Å²) in [5.74, 6) is 5.69. The van der Waals surface area contributed by atoms with Gasteiger partial charge in [0.2, 0.25) is 0 Å². The van der Waals surface area contributed by atoms with Crippen LogP contribution in [0.2, 0.25) is 0 Å². The molecule has 1 rings (SSSR count). The number of aliphatic hydroxyl groups is 2. The van der Waals surface area contributed by atoms with Crippen molar-refractivity contribution in [2.24, 2.45) is 0 Å². The Bertz CT molecular complexity index is 488. The van der Waals surface area contributed by atoms with Crippen molar-refractivity contribution in [2.75, 3.05) is 26.3 Å². The van der Waals surface area contributed by atoms with Gasteiger partial charge < -0.3 is 15.1 Å². The third-order valence-electron chi connectivity index (χ3n) is 2.87. The molecule has 108 valence electrons. The first kappa shape index (κ1) is 16.2. The molecule has 4 nitrogen and oxygen atoms in total. The van der Waals surface area contributed by atoms with Gasteiger partial charge in [-0.2, -0.15) is 0 Å². The Morgan fingerprint density at radius 1 is 1.25 bits per heavy atom. The number of carbonyl (C=O) groups excluding carboxylic acids is 1. The molecule has 0 atom stereocenters. The Labute approximate surface area is 120 Å². The Morgan fingerprint density at radius 2 is 2.00 bits per heavy atom. The fraction of sp³-hybridized carbons (Fsp3) is 0.438. The summed E-state index contributed by atoms with van der Waals surface area (Å²) in [6.07, 6.45) is 0.961. The van der Waals surface area contributed by atoms with E-state index in [0.717, 1.165) is 0 Å². The van der Waals surface area contributed by atoms with E-state index in [0.29, 0.717) is 37.1 Å². The highest BCUT2D eigenvalue weighted by atomic mass is 16.3. The molecular formula is C16H21NO3. The van der Waals surface area contributed by atoms with Gasteiger partial charge in [-0.15, -0.1) is 0 Å². The zero-order valence-electron chi connectivity index (χ0n) is 11.8. The molecule has 0 unspecified atom stereocenters. The molecule has 0 aromatic heterocycles. The van der Waals surface area contributed by atoms with Crippen LogP contribution in [0.25, 0.3) is 0 Å². The molecule has 0 aliphatic rings. The molecule has 0 fully saturated rings. The van der Waals surface area contributed by atoms with E-state index in [1.807, 2.05) is 19.1 Å². The predicted molar refractivity (Wildman–Crippen MR) is 78.3 cm³/mol. The summed E-state index contributed by atoms with van der Waals surface area (Å²) in [4.78, 5) is 14.2. The van der Waals surface area contributed by atoms with Crippen molar-refractivity contribution < 1.29 is 15.0 Å². The highest BCUT2D eigenvalue weighted by Gasteiger charge is 2.16. The molecule has 0 aliphatic carbocycles. The summed E-state index contributed by atoms with van der Waals surface area (Å²) in [5, 5.41) is 17.6. The van der Waals surface area contributed by atoms with Crippen LogP contribution in [-0.4, -0.2) is 47.3 Å². The number of hydrogen-bond donors (Lipinski definition) is 2. The number of amides is 1. The average molecular weight is 275 g/mol. The van der Waals surface area contributed by atoms with Crippen LogP contribution in [0.1, 0.15) is 35.7 Å². The second kappa shape index (κ2) is 9.13. The number of nitrogens with zero attached hydrogens (tertiary/aromatic N) is 1. The summed E-state index contributed by atoms with van der Waals surface area (Å²) < 4.78 is 0. The molecule has 0 saturated carbocycles. The summed E-state index contributed by atoms with van der Waals surface area (Å²) in [5.41, 5.74) is 1.24. The van der Waals surface area contributed by atoms with Crippen molar-refractivity contribution in [3.8, 4) is 11.8 Å². The molecule has 2 N–H and O–H groups in total. The lowest BCUT2D eigenvalue weighted by Gasteiger charge is -2.21.